The van der Waals surface area contributed by atoms with E-state index in [-0.39, 0.29) is 0 Å². The van der Waals surface area contributed by atoms with Gasteiger partial charge in [-0.15, -0.1) is 11.3 Å². The third kappa shape index (κ3) is 5.24. The average Bonchev–Trinajstić information content (AvgIpc) is 3.64. The van der Waals surface area contributed by atoms with E-state index in [4.69, 9.17) is 9.97 Å². The fourth-order valence-electron chi connectivity index (χ4n) is 8.33. The summed E-state index contributed by atoms with van der Waals surface area (Å²) in [5.74, 6) is 0. The van der Waals surface area contributed by atoms with E-state index in [0.717, 1.165) is 44.2 Å². The van der Waals surface area contributed by atoms with Gasteiger partial charge >= 0.3 is 0 Å². The molecule has 55 heavy (non-hydrogen) atoms. The summed E-state index contributed by atoms with van der Waals surface area (Å²) in [6.07, 6.45) is 1.95. The highest BCUT2D eigenvalue weighted by Gasteiger charge is 2.20. The van der Waals surface area contributed by atoms with Crippen molar-refractivity contribution in [2.24, 2.45) is 0 Å². The molecule has 9 aromatic carbocycles. The van der Waals surface area contributed by atoms with E-state index in [0.29, 0.717) is 0 Å². The quantitative estimate of drug-likeness (QED) is 0.166. The summed E-state index contributed by atoms with van der Waals surface area (Å²) in [7, 11) is 0. The minimum Gasteiger partial charge on any atom is -0.252 e. The molecule has 3 heteroatoms. The molecule has 0 aliphatic heterocycles. The Bertz CT molecular complexity index is 3220. The lowest BCUT2D eigenvalue weighted by Crippen LogP contribution is -1.94. The molecular weight excluding hydrogens is 685 g/mol. The fraction of sp³-hybridized carbons (Fsp3) is 0. The average molecular weight is 717 g/mol. The van der Waals surface area contributed by atoms with Crippen LogP contribution in [0.25, 0.3) is 109 Å². The number of benzene rings is 9. The van der Waals surface area contributed by atoms with Crippen LogP contribution in [-0.2, 0) is 0 Å². The van der Waals surface area contributed by atoms with Crippen LogP contribution >= 0.6 is 11.3 Å². The van der Waals surface area contributed by atoms with Crippen molar-refractivity contribution >= 4 is 64.1 Å². The van der Waals surface area contributed by atoms with Crippen LogP contribution in [0.2, 0.25) is 0 Å². The molecule has 0 aliphatic carbocycles. The molecule has 0 saturated heterocycles. The highest BCUT2D eigenvalue weighted by molar-refractivity contribution is 7.26. The van der Waals surface area contributed by atoms with Gasteiger partial charge in [0.1, 0.15) is 0 Å². The van der Waals surface area contributed by atoms with Gasteiger partial charge in [-0.2, -0.15) is 0 Å². The maximum absolute atomic E-state index is 5.42. The summed E-state index contributed by atoms with van der Waals surface area (Å²) in [6, 6.07) is 67.7. The highest BCUT2D eigenvalue weighted by atomic mass is 32.1. The second kappa shape index (κ2) is 12.9. The maximum Gasteiger partial charge on any atom is 0.0979 e. The summed E-state index contributed by atoms with van der Waals surface area (Å²) in [5, 5.41) is 7.18. The lowest BCUT2D eigenvalue weighted by molar-refractivity contribution is 1.31. The largest absolute Gasteiger partial charge is 0.252 e. The summed E-state index contributed by atoms with van der Waals surface area (Å²) in [4.78, 5) is 10.5. The molecule has 0 amide bonds. The zero-order valence-electron chi connectivity index (χ0n) is 29.8. The first kappa shape index (κ1) is 31.6. The van der Waals surface area contributed by atoms with E-state index >= 15 is 0 Å². The highest BCUT2D eigenvalue weighted by Crippen LogP contribution is 2.47. The van der Waals surface area contributed by atoms with Gasteiger partial charge in [-0.05, 0) is 74.0 Å². The molecule has 256 valence electrons. The van der Waals surface area contributed by atoms with E-state index in [1.807, 2.05) is 17.5 Å². The van der Waals surface area contributed by atoms with Crippen molar-refractivity contribution in [1.29, 1.82) is 0 Å². The Labute approximate surface area is 322 Å². The molecule has 0 radical (unpaired) electrons. The minimum absolute atomic E-state index is 0.858. The standard InChI is InChI=1S/C52H32N2S/c1-3-15-33(16-4-1)35-27-28-49-45(29-35)47-31-36(34-17-5-2-6-18-34)30-46(52(47)55-49)41-23-8-7-19-37(41)38-20-9-12-24-42(38)48-32-53-50-43-25-13-10-21-39(43)40-22-11-14-26-44(40)51(50)54-48/h1-32H. The molecule has 11 rings (SSSR count). The first-order valence-electron chi connectivity index (χ1n) is 18.6. The Hall–Kier alpha value is -6.94. The molecule has 0 bridgehead atoms. The van der Waals surface area contributed by atoms with Crippen molar-refractivity contribution in [1.82, 2.24) is 9.97 Å². The van der Waals surface area contributed by atoms with Gasteiger partial charge in [0.15, 0.2) is 0 Å². The molecular formula is C52H32N2S. The molecule has 11 aromatic rings. The molecule has 0 aliphatic rings. The summed E-state index contributed by atoms with van der Waals surface area (Å²) in [6.45, 7) is 0. The van der Waals surface area contributed by atoms with Crippen molar-refractivity contribution < 1.29 is 0 Å². The number of hydrogen-bond acceptors (Lipinski definition) is 3. The Morgan fingerprint density at radius 2 is 0.836 bits per heavy atom. The lowest BCUT2D eigenvalue weighted by Gasteiger charge is -2.16. The van der Waals surface area contributed by atoms with Crippen molar-refractivity contribution in [2.75, 3.05) is 0 Å². The van der Waals surface area contributed by atoms with Crippen LogP contribution in [0.15, 0.2) is 194 Å². The first-order chi connectivity index (χ1) is 27.3. The van der Waals surface area contributed by atoms with Gasteiger partial charge in [0.25, 0.3) is 0 Å². The number of rotatable bonds is 5. The van der Waals surface area contributed by atoms with Crippen LogP contribution in [0, 0.1) is 0 Å². The second-order valence-corrected chi connectivity index (χ2v) is 15.1. The Kier molecular flexibility index (Phi) is 7.39. The SMILES string of the molecule is c1ccc(-c2ccc3sc4c(-c5ccccc5-c5ccccc5-c5cnc6c7ccccc7c7ccccc7c6n5)cc(-c5ccccc5)cc4c3c2)cc1. The van der Waals surface area contributed by atoms with Gasteiger partial charge in [0.2, 0.25) is 0 Å². The zero-order chi connectivity index (χ0) is 36.3. The predicted octanol–water partition coefficient (Wildman–Crippen LogP) is 14.6. The topological polar surface area (TPSA) is 25.8 Å². The van der Waals surface area contributed by atoms with Gasteiger partial charge in [0, 0.05) is 42.1 Å². The Morgan fingerprint density at radius 3 is 1.51 bits per heavy atom. The van der Waals surface area contributed by atoms with Gasteiger partial charge in [-0.25, -0.2) is 4.98 Å². The Balaban J connectivity index is 1.14. The van der Waals surface area contributed by atoms with E-state index in [9.17, 15) is 0 Å². The molecule has 0 saturated carbocycles. The first-order valence-corrected chi connectivity index (χ1v) is 19.5. The smallest absolute Gasteiger partial charge is 0.0979 e. The molecule has 0 atom stereocenters. The van der Waals surface area contributed by atoms with Gasteiger partial charge in [-0.1, -0.05) is 164 Å². The summed E-state index contributed by atoms with van der Waals surface area (Å²) in [5.41, 5.74) is 13.3. The second-order valence-electron chi connectivity index (χ2n) is 14.1. The molecule has 0 spiro atoms. The van der Waals surface area contributed by atoms with Crippen molar-refractivity contribution in [3.05, 3.63) is 194 Å². The summed E-state index contributed by atoms with van der Waals surface area (Å²) < 4.78 is 2.57. The van der Waals surface area contributed by atoms with E-state index in [1.54, 1.807) is 0 Å². The minimum atomic E-state index is 0.858. The van der Waals surface area contributed by atoms with Gasteiger partial charge in [-0.3, -0.25) is 4.98 Å². The number of hydrogen-bond donors (Lipinski definition) is 0. The Morgan fingerprint density at radius 1 is 0.327 bits per heavy atom. The molecule has 0 unspecified atom stereocenters. The number of thiophene rings is 1. The van der Waals surface area contributed by atoms with Crippen LogP contribution in [0.5, 0.6) is 0 Å². The van der Waals surface area contributed by atoms with E-state index in [1.165, 1.54) is 64.3 Å². The summed E-state index contributed by atoms with van der Waals surface area (Å²) >= 11 is 1.88. The number of aromatic nitrogens is 2. The van der Waals surface area contributed by atoms with Gasteiger partial charge in [0.05, 0.1) is 22.9 Å². The van der Waals surface area contributed by atoms with Crippen LogP contribution in [0.4, 0.5) is 0 Å². The normalized spacial score (nSPS) is 11.6. The molecule has 2 heterocycles. The number of nitrogens with zero attached hydrogens (tertiary/aromatic N) is 2. The fourth-order valence-corrected chi connectivity index (χ4v) is 9.53. The van der Waals surface area contributed by atoms with Crippen LogP contribution < -0.4 is 0 Å². The van der Waals surface area contributed by atoms with Crippen molar-refractivity contribution in [3.63, 3.8) is 0 Å². The molecule has 2 aromatic heterocycles. The van der Waals surface area contributed by atoms with Crippen LogP contribution in [0.3, 0.4) is 0 Å². The third-order valence-corrected chi connectivity index (χ3v) is 12.1. The number of fused-ring (bicyclic) bond motifs is 9. The van der Waals surface area contributed by atoms with E-state index in [2.05, 4.69) is 188 Å². The monoisotopic (exact) mass is 716 g/mol. The van der Waals surface area contributed by atoms with Crippen LogP contribution in [0.1, 0.15) is 0 Å². The van der Waals surface area contributed by atoms with Crippen LogP contribution in [-0.4, -0.2) is 9.97 Å². The molecule has 2 nitrogen and oxygen atoms in total. The maximum atomic E-state index is 5.42. The van der Waals surface area contributed by atoms with Gasteiger partial charge < -0.3 is 0 Å². The molecule has 0 fully saturated rings. The predicted molar refractivity (Wildman–Crippen MR) is 235 cm³/mol. The molecule has 0 N–H and O–H groups in total. The zero-order valence-corrected chi connectivity index (χ0v) is 30.6. The van der Waals surface area contributed by atoms with Crippen molar-refractivity contribution in [2.45, 2.75) is 0 Å². The lowest BCUT2D eigenvalue weighted by atomic mass is 9.89. The van der Waals surface area contributed by atoms with E-state index < -0.39 is 0 Å². The van der Waals surface area contributed by atoms with Crippen molar-refractivity contribution in [3.8, 4) is 55.8 Å². The third-order valence-electron chi connectivity index (χ3n) is 10.9.